The molecule has 0 radical (unpaired) electrons. The van der Waals surface area contributed by atoms with Crippen molar-refractivity contribution in [1.82, 2.24) is 4.90 Å². The summed E-state index contributed by atoms with van der Waals surface area (Å²) in [5.41, 5.74) is 5.80. The predicted octanol–water partition coefficient (Wildman–Crippen LogP) is 0.917. The van der Waals surface area contributed by atoms with Crippen LogP contribution in [0.4, 0.5) is 0 Å². The van der Waals surface area contributed by atoms with E-state index in [1.54, 1.807) is 7.05 Å². The quantitative estimate of drug-likeness (QED) is 0.742. The highest BCUT2D eigenvalue weighted by Gasteiger charge is 2.34. The standard InChI is InChI=1S/C13H24N2O3/c1-15(9-12(17)18-2)11(16)8-13(10-14)6-4-3-5-7-13/h3-10,14H2,1-2H3. The van der Waals surface area contributed by atoms with Crippen molar-refractivity contribution in [3.8, 4) is 0 Å². The number of likely N-dealkylation sites (N-methyl/N-ethyl adjacent to an activating group) is 1. The van der Waals surface area contributed by atoms with Gasteiger partial charge < -0.3 is 15.4 Å². The van der Waals surface area contributed by atoms with Crippen molar-refractivity contribution in [3.63, 3.8) is 0 Å². The summed E-state index contributed by atoms with van der Waals surface area (Å²) in [6, 6.07) is 0. The van der Waals surface area contributed by atoms with E-state index >= 15 is 0 Å². The third-order valence-corrected chi connectivity index (χ3v) is 3.89. The zero-order valence-corrected chi connectivity index (χ0v) is 11.4. The molecule has 5 nitrogen and oxygen atoms in total. The van der Waals surface area contributed by atoms with Crippen LogP contribution in [0.2, 0.25) is 0 Å². The van der Waals surface area contributed by atoms with Gasteiger partial charge in [0.2, 0.25) is 5.91 Å². The van der Waals surface area contributed by atoms with Gasteiger partial charge in [0, 0.05) is 13.5 Å². The number of carbonyl (C=O) groups is 2. The highest BCUT2D eigenvalue weighted by atomic mass is 16.5. The molecule has 18 heavy (non-hydrogen) atoms. The molecule has 0 aliphatic heterocycles. The Hall–Kier alpha value is -1.10. The van der Waals surface area contributed by atoms with E-state index < -0.39 is 5.97 Å². The average molecular weight is 256 g/mol. The molecule has 0 heterocycles. The van der Waals surface area contributed by atoms with Gasteiger partial charge in [0.1, 0.15) is 6.54 Å². The number of ether oxygens (including phenoxy) is 1. The molecule has 5 heteroatoms. The van der Waals surface area contributed by atoms with Crippen LogP contribution in [-0.4, -0.2) is 44.0 Å². The van der Waals surface area contributed by atoms with Crippen molar-refractivity contribution < 1.29 is 14.3 Å². The molecular weight excluding hydrogens is 232 g/mol. The molecule has 0 atom stereocenters. The van der Waals surface area contributed by atoms with E-state index in [1.165, 1.54) is 18.4 Å². The van der Waals surface area contributed by atoms with E-state index in [-0.39, 0.29) is 17.9 Å². The summed E-state index contributed by atoms with van der Waals surface area (Å²) >= 11 is 0. The van der Waals surface area contributed by atoms with Crippen molar-refractivity contribution in [3.05, 3.63) is 0 Å². The minimum atomic E-state index is -0.392. The topological polar surface area (TPSA) is 72.6 Å². The Balaban J connectivity index is 2.53. The van der Waals surface area contributed by atoms with Crippen molar-refractivity contribution in [2.24, 2.45) is 11.1 Å². The Morgan fingerprint density at radius 1 is 1.28 bits per heavy atom. The van der Waals surface area contributed by atoms with Crippen LogP contribution in [0.1, 0.15) is 38.5 Å². The number of nitrogens with zero attached hydrogens (tertiary/aromatic N) is 1. The average Bonchev–Trinajstić information content (AvgIpc) is 2.39. The van der Waals surface area contributed by atoms with Gasteiger partial charge in [-0.1, -0.05) is 19.3 Å². The molecular formula is C13H24N2O3. The van der Waals surface area contributed by atoms with Crippen LogP contribution in [0.15, 0.2) is 0 Å². The molecule has 1 saturated carbocycles. The first kappa shape index (κ1) is 15.0. The second-order valence-electron chi connectivity index (χ2n) is 5.27. The number of amides is 1. The lowest BCUT2D eigenvalue weighted by atomic mass is 9.71. The first-order chi connectivity index (χ1) is 8.53. The Morgan fingerprint density at radius 2 is 1.89 bits per heavy atom. The van der Waals surface area contributed by atoms with Crippen LogP contribution < -0.4 is 5.73 Å². The van der Waals surface area contributed by atoms with Crippen LogP contribution in [-0.2, 0) is 14.3 Å². The molecule has 0 unspecified atom stereocenters. The molecule has 0 bridgehead atoms. The number of nitrogens with two attached hydrogens (primary N) is 1. The summed E-state index contributed by atoms with van der Waals surface area (Å²) in [5.74, 6) is -0.413. The highest BCUT2D eigenvalue weighted by molar-refractivity contribution is 5.82. The first-order valence-electron chi connectivity index (χ1n) is 6.54. The number of hydrogen-bond acceptors (Lipinski definition) is 4. The van der Waals surface area contributed by atoms with Crippen molar-refractivity contribution in [2.45, 2.75) is 38.5 Å². The smallest absolute Gasteiger partial charge is 0.325 e. The maximum absolute atomic E-state index is 12.1. The van der Waals surface area contributed by atoms with Crippen molar-refractivity contribution in [1.29, 1.82) is 0 Å². The third-order valence-electron chi connectivity index (χ3n) is 3.89. The first-order valence-corrected chi connectivity index (χ1v) is 6.54. The third kappa shape index (κ3) is 3.98. The van der Waals surface area contributed by atoms with E-state index in [0.717, 1.165) is 25.7 Å². The van der Waals surface area contributed by atoms with Gasteiger partial charge in [-0.3, -0.25) is 9.59 Å². The summed E-state index contributed by atoms with van der Waals surface area (Å²) in [7, 11) is 2.95. The summed E-state index contributed by atoms with van der Waals surface area (Å²) in [6.45, 7) is 0.556. The minimum absolute atomic E-state index is 0.00991. The zero-order valence-electron chi connectivity index (χ0n) is 11.4. The van der Waals surface area contributed by atoms with Gasteiger partial charge in [-0.05, 0) is 24.8 Å². The largest absolute Gasteiger partial charge is 0.468 e. The van der Waals surface area contributed by atoms with Gasteiger partial charge in [-0.2, -0.15) is 0 Å². The van der Waals surface area contributed by atoms with Gasteiger partial charge in [-0.15, -0.1) is 0 Å². The molecule has 0 saturated heterocycles. The lowest BCUT2D eigenvalue weighted by molar-refractivity contribution is -0.147. The molecule has 0 spiro atoms. The molecule has 0 aromatic carbocycles. The second-order valence-corrected chi connectivity index (χ2v) is 5.27. The van der Waals surface area contributed by atoms with Gasteiger partial charge in [0.05, 0.1) is 7.11 Å². The fourth-order valence-electron chi connectivity index (χ4n) is 2.56. The summed E-state index contributed by atoms with van der Waals surface area (Å²) < 4.78 is 4.55. The monoisotopic (exact) mass is 256 g/mol. The van der Waals surface area contributed by atoms with Gasteiger partial charge in [0.15, 0.2) is 0 Å². The normalized spacial score (nSPS) is 18.2. The highest BCUT2D eigenvalue weighted by Crippen LogP contribution is 2.38. The van der Waals surface area contributed by atoms with E-state index in [9.17, 15) is 9.59 Å². The van der Waals surface area contributed by atoms with Crippen molar-refractivity contribution in [2.75, 3.05) is 27.2 Å². The molecule has 0 aromatic rings. The molecule has 1 fully saturated rings. The summed E-state index contributed by atoms with van der Waals surface area (Å²) in [6.07, 6.45) is 5.99. The predicted molar refractivity (Wildman–Crippen MR) is 68.8 cm³/mol. The van der Waals surface area contributed by atoms with Gasteiger partial charge in [-0.25, -0.2) is 0 Å². The van der Waals surface area contributed by atoms with Crippen molar-refractivity contribution >= 4 is 11.9 Å². The van der Waals surface area contributed by atoms with E-state index in [1.807, 2.05) is 0 Å². The Morgan fingerprint density at radius 3 is 2.39 bits per heavy atom. The van der Waals surface area contributed by atoms with Crippen LogP contribution >= 0.6 is 0 Å². The molecule has 1 amide bonds. The number of esters is 1. The SMILES string of the molecule is COC(=O)CN(C)C(=O)CC1(CN)CCCCC1. The maximum atomic E-state index is 12.1. The Kier molecular flexibility index (Phi) is 5.59. The number of methoxy groups -OCH3 is 1. The molecule has 1 rings (SSSR count). The Bertz CT molecular complexity index is 299. The fraction of sp³-hybridized carbons (Fsp3) is 0.846. The number of carbonyl (C=O) groups excluding carboxylic acids is 2. The van der Waals surface area contributed by atoms with E-state index in [0.29, 0.717) is 13.0 Å². The molecule has 1 aliphatic carbocycles. The van der Waals surface area contributed by atoms with Crippen LogP contribution in [0.25, 0.3) is 0 Å². The van der Waals surface area contributed by atoms with Gasteiger partial charge >= 0.3 is 5.97 Å². The maximum Gasteiger partial charge on any atom is 0.325 e. The summed E-state index contributed by atoms with van der Waals surface area (Å²) in [5, 5.41) is 0. The molecule has 104 valence electrons. The van der Waals surface area contributed by atoms with Crippen LogP contribution in [0.3, 0.4) is 0 Å². The molecule has 2 N–H and O–H groups in total. The van der Waals surface area contributed by atoms with E-state index in [2.05, 4.69) is 4.74 Å². The molecule has 1 aliphatic rings. The number of hydrogen-bond donors (Lipinski definition) is 1. The van der Waals surface area contributed by atoms with E-state index in [4.69, 9.17) is 5.73 Å². The Labute approximate surface area is 109 Å². The minimum Gasteiger partial charge on any atom is -0.468 e. The summed E-state index contributed by atoms with van der Waals surface area (Å²) in [4.78, 5) is 24.6. The van der Waals surface area contributed by atoms with Gasteiger partial charge in [0.25, 0.3) is 0 Å². The lowest BCUT2D eigenvalue weighted by Gasteiger charge is -2.36. The second kappa shape index (κ2) is 6.73. The van der Waals surface area contributed by atoms with Crippen LogP contribution in [0, 0.1) is 5.41 Å². The lowest BCUT2D eigenvalue weighted by Crippen LogP contribution is -2.40. The molecule has 0 aromatic heterocycles. The van der Waals surface area contributed by atoms with Crippen LogP contribution in [0.5, 0.6) is 0 Å². The number of rotatable bonds is 5. The fourth-order valence-corrected chi connectivity index (χ4v) is 2.56. The zero-order chi connectivity index (χ0) is 13.6.